The molecule has 1 atom stereocenters. The van der Waals surface area contributed by atoms with Crippen LogP contribution in [-0.2, 0) is 4.74 Å². The van der Waals surface area contributed by atoms with Crippen LogP contribution in [0.3, 0.4) is 0 Å². The Bertz CT molecular complexity index is 274. The maximum absolute atomic E-state index is 5.29. The smallest absolute Gasteiger partial charge is 0.136 e. The third kappa shape index (κ3) is 1.14. The maximum Gasteiger partial charge on any atom is 0.136 e. The molecule has 1 aliphatic heterocycles. The highest BCUT2D eigenvalue weighted by molar-refractivity contribution is 5.23. The second kappa shape index (κ2) is 2.90. The van der Waals surface area contributed by atoms with E-state index in [9.17, 15) is 0 Å². The van der Waals surface area contributed by atoms with E-state index in [2.05, 4.69) is 12.1 Å². The Morgan fingerprint density at radius 3 is 2.75 bits per heavy atom. The number of hydrogen-bond acceptors (Lipinski definition) is 3. The Hall–Kier alpha value is -0.830. The lowest BCUT2D eigenvalue weighted by Crippen LogP contribution is -1.99. The molecule has 1 aromatic heterocycles. The van der Waals surface area contributed by atoms with Gasteiger partial charge in [0.1, 0.15) is 5.76 Å². The van der Waals surface area contributed by atoms with Crippen LogP contribution in [0.4, 0.5) is 0 Å². The Kier molecular flexibility index (Phi) is 1.89. The molecule has 66 valence electrons. The number of rotatable bonds is 1. The van der Waals surface area contributed by atoms with Crippen LogP contribution < -0.4 is 0 Å². The number of nitrogens with zero attached hydrogens (tertiary/aromatic N) is 1. The fourth-order valence-corrected chi connectivity index (χ4v) is 1.57. The zero-order chi connectivity index (χ0) is 8.55. The molecule has 0 aliphatic carbocycles. The molecular weight excluding hydrogens is 154 g/mol. The van der Waals surface area contributed by atoms with Gasteiger partial charge in [0.25, 0.3) is 0 Å². The van der Waals surface area contributed by atoms with E-state index in [1.165, 1.54) is 5.56 Å². The van der Waals surface area contributed by atoms with Crippen LogP contribution >= 0.6 is 0 Å². The minimum atomic E-state index is 0.461. The van der Waals surface area contributed by atoms with Crippen LogP contribution in [0.2, 0.25) is 0 Å². The molecule has 3 nitrogen and oxygen atoms in total. The van der Waals surface area contributed by atoms with E-state index in [-0.39, 0.29) is 0 Å². The summed E-state index contributed by atoms with van der Waals surface area (Å²) >= 11 is 0. The highest BCUT2D eigenvalue weighted by Gasteiger charge is 2.23. The quantitative estimate of drug-likeness (QED) is 0.639. The molecule has 0 radical (unpaired) electrons. The van der Waals surface area contributed by atoms with E-state index in [1.807, 2.05) is 6.92 Å². The molecule has 0 saturated carbocycles. The van der Waals surface area contributed by atoms with E-state index < -0.39 is 0 Å². The number of aromatic nitrogens is 1. The highest BCUT2D eigenvalue weighted by Crippen LogP contribution is 2.27. The SMILES string of the molecule is Cc1onc(C2CCOC2)c1C. The monoisotopic (exact) mass is 167 g/mol. The van der Waals surface area contributed by atoms with Crippen LogP contribution in [0, 0.1) is 13.8 Å². The summed E-state index contributed by atoms with van der Waals surface area (Å²) in [7, 11) is 0. The molecule has 1 unspecified atom stereocenters. The van der Waals surface area contributed by atoms with Crippen molar-refractivity contribution >= 4 is 0 Å². The summed E-state index contributed by atoms with van der Waals surface area (Å²) in [6, 6.07) is 0. The fourth-order valence-electron chi connectivity index (χ4n) is 1.57. The lowest BCUT2D eigenvalue weighted by Gasteiger charge is -2.02. The van der Waals surface area contributed by atoms with Crippen molar-refractivity contribution in [1.82, 2.24) is 5.16 Å². The Morgan fingerprint density at radius 1 is 1.42 bits per heavy atom. The molecule has 0 N–H and O–H groups in total. The average molecular weight is 167 g/mol. The van der Waals surface area contributed by atoms with Gasteiger partial charge in [-0.1, -0.05) is 5.16 Å². The molecule has 0 amide bonds. The molecule has 1 fully saturated rings. The number of hydrogen-bond donors (Lipinski definition) is 0. The fraction of sp³-hybridized carbons (Fsp3) is 0.667. The van der Waals surface area contributed by atoms with Crippen LogP contribution in [-0.4, -0.2) is 18.4 Å². The van der Waals surface area contributed by atoms with Gasteiger partial charge in [-0.05, 0) is 20.3 Å². The Balaban J connectivity index is 2.26. The zero-order valence-electron chi connectivity index (χ0n) is 7.46. The van der Waals surface area contributed by atoms with Crippen LogP contribution in [0.1, 0.15) is 29.4 Å². The molecule has 1 saturated heterocycles. The third-order valence-electron chi connectivity index (χ3n) is 2.51. The van der Waals surface area contributed by atoms with Crippen LogP contribution in [0.25, 0.3) is 0 Å². The molecule has 2 rings (SSSR count). The number of ether oxygens (including phenoxy) is 1. The largest absolute Gasteiger partial charge is 0.381 e. The summed E-state index contributed by atoms with van der Waals surface area (Å²) in [6.07, 6.45) is 1.08. The van der Waals surface area contributed by atoms with Crippen LogP contribution in [0.15, 0.2) is 4.52 Å². The summed E-state index contributed by atoms with van der Waals surface area (Å²) in [5, 5.41) is 4.04. The van der Waals surface area contributed by atoms with E-state index in [0.29, 0.717) is 5.92 Å². The molecule has 3 heteroatoms. The minimum Gasteiger partial charge on any atom is -0.381 e. The molecule has 0 aromatic carbocycles. The summed E-state index contributed by atoms with van der Waals surface area (Å²) < 4.78 is 10.4. The summed E-state index contributed by atoms with van der Waals surface area (Å²) in [5.41, 5.74) is 2.27. The first-order chi connectivity index (χ1) is 5.79. The molecule has 1 aromatic rings. The standard InChI is InChI=1S/C9H13NO2/c1-6-7(2)12-10-9(6)8-3-4-11-5-8/h8H,3-5H2,1-2H3. The van der Waals surface area contributed by atoms with Gasteiger partial charge in [-0.3, -0.25) is 0 Å². The van der Waals surface area contributed by atoms with Gasteiger partial charge >= 0.3 is 0 Å². The molecular formula is C9H13NO2. The lowest BCUT2D eigenvalue weighted by molar-refractivity contribution is 0.193. The predicted octanol–water partition coefficient (Wildman–Crippen LogP) is 1.80. The summed E-state index contributed by atoms with van der Waals surface area (Å²) in [5.74, 6) is 1.39. The number of aryl methyl sites for hydroxylation is 1. The predicted molar refractivity (Wildman–Crippen MR) is 44.2 cm³/mol. The zero-order valence-corrected chi connectivity index (χ0v) is 7.46. The van der Waals surface area contributed by atoms with Gasteiger partial charge in [-0.15, -0.1) is 0 Å². The third-order valence-corrected chi connectivity index (χ3v) is 2.51. The van der Waals surface area contributed by atoms with Crippen LogP contribution in [0.5, 0.6) is 0 Å². The van der Waals surface area contributed by atoms with E-state index >= 15 is 0 Å². The first-order valence-corrected chi connectivity index (χ1v) is 4.29. The maximum atomic E-state index is 5.29. The van der Waals surface area contributed by atoms with Crippen molar-refractivity contribution in [2.75, 3.05) is 13.2 Å². The molecule has 0 bridgehead atoms. The van der Waals surface area contributed by atoms with Crippen molar-refractivity contribution in [2.24, 2.45) is 0 Å². The Labute approximate surface area is 71.7 Å². The first-order valence-electron chi connectivity index (χ1n) is 4.29. The van der Waals surface area contributed by atoms with Gasteiger partial charge in [0.15, 0.2) is 0 Å². The minimum absolute atomic E-state index is 0.461. The normalized spacial score (nSPS) is 23.3. The van der Waals surface area contributed by atoms with Crippen molar-refractivity contribution in [3.63, 3.8) is 0 Å². The first kappa shape index (κ1) is 7.80. The van der Waals surface area contributed by atoms with Gasteiger partial charge in [0, 0.05) is 18.1 Å². The van der Waals surface area contributed by atoms with Gasteiger partial charge in [-0.2, -0.15) is 0 Å². The van der Waals surface area contributed by atoms with Crippen molar-refractivity contribution in [2.45, 2.75) is 26.2 Å². The van der Waals surface area contributed by atoms with E-state index in [0.717, 1.165) is 31.1 Å². The Morgan fingerprint density at radius 2 is 2.25 bits per heavy atom. The second-order valence-corrected chi connectivity index (χ2v) is 3.31. The van der Waals surface area contributed by atoms with Gasteiger partial charge < -0.3 is 9.26 Å². The summed E-state index contributed by atoms with van der Waals surface area (Å²) in [4.78, 5) is 0. The second-order valence-electron chi connectivity index (χ2n) is 3.31. The van der Waals surface area contributed by atoms with Crippen molar-refractivity contribution in [3.05, 3.63) is 17.0 Å². The van der Waals surface area contributed by atoms with Gasteiger partial charge in [-0.25, -0.2) is 0 Å². The summed E-state index contributed by atoms with van der Waals surface area (Å²) in [6.45, 7) is 5.66. The van der Waals surface area contributed by atoms with E-state index in [1.54, 1.807) is 0 Å². The highest BCUT2D eigenvalue weighted by atomic mass is 16.5. The molecule has 1 aliphatic rings. The molecule has 0 spiro atoms. The topological polar surface area (TPSA) is 35.3 Å². The van der Waals surface area contributed by atoms with Crippen molar-refractivity contribution in [3.8, 4) is 0 Å². The molecule has 2 heterocycles. The van der Waals surface area contributed by atoms with Gasteiger partial charge in [0.2, 0.25) is 0 Å². The van der Waals surface area contributed by atoms with Crippen molar-refractivity contribution < 1.29 is 9.26 Å². The average Bonchev–Trinajstić information content (AvgIpc) is 2.64. The lowest BCUT2D eigenvalue weighted by atomic mass is 10.0. The van der Waals surface area contributed by atoms with Gasteiger partial charge in [0.05, 0.1) is 12.3 Å². The van der Waals surface area contributed by atoms with E-state index in [4.69, 9.17) is 9.26 Å². The molecule has 12 heavy (non-hydrogen) atoms. The van der Waals surface area contributed by atoms with Crippen molar-refractivity contribution in [1.29, 1.82) is 0 Å².